The van der Waals surface area contributed by atoms with Crippen molar-refractivity contribution < 1.29 is 19.4 Å². The molecule has 144 valence electrons. The molecule has 0 saturated heterocycles. The Morgan fingerprint density at radius 2 is 1.62 bits per heavy atom. The number of hydrogen-bond donors (Lipinski definition) is 1. The van der Waals surface area contributed by atoms with Crippen LogP contribution >= 0.6 is 0 Å². The van der Waals surface area contributed by atoms with Gasteiger partial charge in [-0.1, -0.05) is 52.9 Å². The van der Waals surface area contributed by atoms with E-state index in [1.54, 1.807) is 0 Å². The predicted molar refractivity (Wildman–Crippen MR) is 98.3 cm³/mol. The zero-order valence-corrected chi connectivity index (χ0v) is 16.1. The number of aliphatic hydroxyl groups is 1. The summed E-state index contributed by atoms with van der Waals surface area (Å²) in [5.74, 6) is 0. The number of ether oxygens (including phenoxy) is 2. The van der Waals surface area contributed by atoms with Gasteiger partial charge in [-0.3, -0.25) is 0 Å². The third-order valence-corrected chi connectivity index (χ3v) is 4.33. The average molecular weight is 346 g/mol. The largest absolute Gasteiger partial charge is 0.508 e. The topological polar surface area (TPSA) is 59.0 Å². The van der Waals surface area contributed by atoms with Crippen molar-refractivity contribution in [2.24, 2.45) is 0 Å². The molecule has 0 saturated carbocycles. The van der Waals surface area contributed by atoms with Crippen molar-refractivity contribution in [1.29, 1.82) is 0 Å². The van der Waals surface area contributed by atoms with Gasteiger partial charge in [0.1, 0.15) is 6.10 Å². The Bertz CT molecular complexity index is 283. The predicted octanol–water partition coefficient (Wildman–Crippen LogP) is 4.37. The Balaban J connectivity index is 3.81. The first-order chi connectivity index (χ1) is 11.7. The molecule has 5 heteroatoms. The van der Waals surface area contributed by atoms with Gasteiger partial charge in [0.2, 0.25) is 0 Å². The van der Waals surface area contributed by atoms with Crippen LogP contribution in [-0.4, -0.2) is 55.1 Å². The van der Waals surface area contributed by atoms with E-state index in [1.165, 1.54) is 25.7 Å². The first kappa shape index (κ1) is 23.2. The molecule has 0 aromatic rings. The molecule has 0 heterocycles. The monoisotopic (exact) mass is 345 g/mol. The fourth-order valence-electron chi connectivity index (χ4n) is 2.71. The van der Waals surface area contributed by atoms with E-state index in [-0.39, 0.29) is 12.7 Å². The Kier molecular flexibility index (Phi) is 16.5. The molecule has 0 spiro atoms. The van der Waals surface area contributed by atoms with Gasteiger partial charge in [-0.25, -0.2) is 4.79 Å². The van der Waals surface area contributed by atoms with Crippen LogP contribution in [0.1, 0.15) is 78.6 Å². The van der Waals surface area contributed by atoms with E-state index >= 15 is 0 Å². The molecular formula is C19H39NO4. The molecule has 1 N–H and O–H groups in total. The standard InChI is InChI=1S/C19H39NO4/c1-4-7-8-9-10-11-13-18(14-16-21)24-19(22)23-17-12-15-20(5-2)6-3/h18,21H,4-17H2,1-3H3/t18-/m0/s1. The normalized spacial score (nSPS) is 12.4. The lowest BCUT2D eigenvalue weighted by atomic mass is 10.1. The Morgan fingerprint density at radius 1 is 0.958 bits per heavy atom. The second kappa shape index (κ2) is 17.0. The van der Waals surface area contributed by atoms with Gasteiger partial charge < -0.3 is 19.5 Å². The van der Waals surface area contributed by atoms with Crippen LogP contribution in [0.15, 0.2) is 0 Å². The molecule has 0 amide bonds. The van der Waals surface area contributed by atoms with E-state index < -0.39 is 6.16 Å². The average Bonchev–Trinajstić information content (AvgIpc) is 2.58. The minimum absolute atomic E-state index is 0.0374. The van der Waals surface area contributed by atoms with Crippen molar-refractivity contribution in [1.82, 2.24) is 4.90 Å². The van der Waals surface area contributed by atoms with Crippen LogP contribution < -0.4 is 0 Å². The molecule has 0 rings (SSSR count). The first-order valence-electron chi connectivity index (χ1n) is 9.84. The van der Waals surface area contributed by atoms with Crippen molar-refractivity contribution in [3.05, 3.63) is 0 Å². The van der Waals surface area contributed by atoms with E-state index in [0.717, 1.165) is 45.3 Å². The fourth-order valence-corrected chi connectivity index (χ4v) is 2.71. The zero-order chi connectivity index (χ0) is 18.0. The molecule has 0 unspecified atom stereocenters. The third-order valence-electron chi connectivity index (χ3n) is 4.33. The van der Waals surface area contributed by atoms with Gasteiger partial charge in [0.15, 0.2) is 0 Å². The lowest BCUT2D eigenvalue weighted by Gasteiger charge is -2.18. The van der Waals surface area contributed by atoms with E-state index in [1.807, 2.05) is 0 Å². The summed E-state index contributed by atoms with van der Waals surface area (Å²) in [6.45, 7) is 9.83. The molecule has 0 aromatic heterocycles. The molecule has 0 fully saturated rings. The summed E-state index contributed by atoms with van der Waals surface area (Å²) in [5, 5.41) is 9.11. The van der Waals surface area contributed by atoms with Crippen LogP contribution in [0.3, 0.4) is 0 Å². The molecule has 0 aromatic carbocycles. The number of aliphatic hydroxyl groups excluding tert-OH is 1. The lowest BCUT2D eigenvalue weighted by Crippen LogP contribution is -2.26. The third kappa shape index (κ3) is 13.6. The number of carbonyl (C=O) groups is 1. The van der Waals surface area contributed by atoms with Crippen molar-refractivity contribution in [2.45, 2.75) is 84.7 Å². The lowest BCUT2D eigenvalue weighted by molar-refractivity contribution is 0.0104. The van der Waals surface area contributed by atoms with Gasteiger partial charge in [-0.2, -0.15) is 0 Å². The molecule has 24 heavy (non-hydrogen) atoms. The zero-order valence-electron chi connectivity index (χ0n) is 16.1. The summed E-state index contributed by atoms with van der Waals surface area (Å²) in [5.41, 5.74) is 0. The minimum Gasteiger partial charge on any atom is -0.434 e. The maximum absolute atomic E-state index is 11.7. The summed E-state index contributed by atoms with van der Waals surface area (Å²) < 4.78 is 10.5. The van der Waals surface area contributed by atoms with Gasteiger partial charge in [0, 0.05) is 19.6 Å². The van der Waals surface area contributed by atoms with E-state index in [0.29, 0.717) is 13.0 Å². The molecule has 1 atom stereocenters. The minimum atomic E-state index is -0.598. The van der Waals surface area contributed by atoms with Crippen LogP contribution in [0.5, 0.6) is 0 Å². The highest BCUT2D eigenvalue weighted by atomic mass is 16.7. The summed E-state index contributed by atoms with van der Waals surface area (Å²) in [6, 6.07) is 0. The van der Waals surface area contributed by atoms with Crippen LogP contribution in [-0.2, 0) is 9.47 Å². The highest BCUT2D eigenvalue weighted by Gasteiger charge is 2.15. The van der Waals surface area contributed by atoms with Crippen molar-refractivity contribution >= 4 is 6.16 Å². The van der Waals surface area contributed by atoms with Crippen molar-refractivity contribution in [2.75, 3.05) is 32.8 Å². The molecule has 0 bridgehead atoms. The molecule has 0 radical (unpaired) electrons. The number of rotatable bonds is 16. The second-order valence-corrected chi connectivity index (χ2v) is 6.29. The van der Waals surface area contributed by atoms with E-state index in [4.69, 9.17) is 14.6 Å². The number of hydrogen-bond acceptors (Lipinski definition) is 5. The SMILES string of the molecule is CCCCCCCC[C@@H](CCO)OC(=O)OCCCN(CC)CC. The molecule has 0 aliphatic rings. The fraction of sp³-hybridized carbons (Fsp3) is 0.947. The summed E-state index contributed by atoms with van der Waals surface area (Å²) in [6.07, 6.45) is 8.52. The second-order valence-electron chi connectivity index (χ2n) is 6.29. The molecular weight excluding hydrogens is 306 g/mol. The first-order valence-corrected chi connectivity index (χ1v) is 9.84. The highest BCUT2D eigenvalue weighted by molar-refractivity contribution is 5.60. The summed E-state index contributed by atoms with van der Waals surface area (Å²) in [7, 11) is 0. The van der Waals surface area contributed by atoms with Crippen LogP contribution in [0.2, 0.25) is 0 Å². The van der Waals surface area contributed by atoms with Crippen LogP contribution in [0.4, 0.5) is 4.79 Å². The Hall–Kier alpha value is -0.810. The smallest absolute Gasteiger partial charge is 0.434 e. The van der Waals surface area contributed by atoms with Gasteiger partial charge in [0.25, 0.3) is 0 Å². The summed E-state index contributed by atoms with van der Waals surface area (Å²) >= 11 is 0. The van der Waals surface area contributed by atoms with E-state index in [9.17, 15) is 4.79 Å². The van der Waals surface area contributed by atoms with Gasteiger partial charge >= 0.3 is 6.16 Å². The van der Waals surface area contributed by atoms with Gasteiger partial charge in [0.05, 0.1) is 6.61 Å². The van der Waals surface area contributed by atoms with Crippen LogP contribution in [0, 0.1) is 0 Å². The maximum atomic E-state index is 11.7. The van der Waals surface area contributed by atoms with Crippen molar-refractivity contribution in [3.63, 3.8) is 0 Å². The van der Waals surface area contributed by atoms with Gasteiger partial charge in [-0.15, -0.1) is 0 Å². The Morgan fingerprint density at radius 3 is 2.25 bits per heavy atom. The quantitative estimate of drug-likeness (QED) is 0.332. The molecule has 5 nitrogen and oxygen atoms in total. The molecule has 0 aliphatic carbocycles. The number of nitrogens with zero attached hydrogens (tertiary/aromatic N) is 1. The van der Waals surface area contributed by atoms with E-state index in [2.05, 4.69) is 25.7 Å². The van der Waals surface area contributed by atoms with Crippen molar-refractivity contribution in [3.8, 4) is 0 Å². The summed E-state index contributed by atoms with van der Waals surface area (Å²) in [4.78, 5) is 14.0. The number of carbonyl (C=O) groups excluding carboxylic acids is 1. The van der Waals surface area contributed by atoms with Crippen LogP contribution in [0.25, 0.3) is 0 Å². The maximum Gasteiger partial charge on any atom is 0.508 e. The molecule has 0 aliphatic heterocycles. The highest BCUT2D eigenvalue weighted by Crippen LogP contribution is 2.13. The number of unbranched alkanes of at least 4 members (excludes halogenated alkanes) is 5. The van der Waals surface area contributed by atoms with Gasteiger partial charge in [-0.05, 0) is 32.4 Å². The Labute approximate surface area is 148 Å².